The highest BCUT2D eigenvalue weighted by Crippen LogP contribution is 2.54. The standard InChI is InChI=1S/C54H33BN4/c1-2-14-36(15-3-1)56-46-24-8-10-26-48(46)57(49-27-11-9-25-47(49)56)37-30-28-34(29-31-37)35-32-50-52-51(33-35)59-45-23-7-5-17-39(45)41-19-13-21-43(54(41)59)55(52)42-20-12-18-40-38-16-4-6-22-44(38)58(50)53(40)42/h1-33H. The Labute approximate surface area is 341 Å². The molecular weight excluding hydrogens is 715 g/mol. The molecule has 14 rings (SSSR count). The summed E-state index contributed by atoms with van der Waals surface area (Å²) in [5.41, 5.74) is 21.0. The number of hydrogen-bond donors (Lipinski definition) is 0. The van der Waals surface area contributed by atoms with E-state index in [1.165, 1.54) is 82.5 Å². The van der Waals surface area contributed by atoms with Crippen LogP contribution >= 0.6 is 0 Å². The normalized spacial score (nSPS) is 13.3. The molecule has 0 bridgehead atoms. The van der Waals surface area contributed by atoms with Crippen molar-refractivity contribution in [2.45, 2.75) is 0 Å². The van der Waals surface area contributed by atoms with Crippen LogP contribution in [-0.2, 0) is 0 Å². The van der Waals surface area contributed by atoms with Gasteiger partial charge in [-0.05, 0) is 100 Å². The molecule has 0 saturated heterocycles. The molecule has 0 unspecified atom stereocenters. The van der Waals surface area contributed by atoms with Crippen LogP contribution in [0.25, 0.3) is 66.1 Å². The molecule has 3 aliphatic heterocycles. The lowest BCUT2D eigenvalue weighted by Gasteiger charge is -2.40. The van der Waals surface area contributed by atoms with Crippen molar-refractivity contribution in [3.05, 3.63) is 200 Å². The second-order valence-corrected chi connectivity index (χ2v) is 16.1. The monoisotopic (exact) mass is 748 g/mol. The first-order valence-corrected chi connectivity index (χ1v) is 20.5. The topological polar surface area (TPSA) is 16.3 Å². The molecule has 0 spiro atoms. The van der Waals surface area contributed by atoms with Crippen molar-refractivity contribution in [3.8, 4) is 22.5 Å². The Morgan fingerprint density at radius 3 is 1.24 bits per heavy atom. The first-order valence-electron chi connectivity index (χ1n) is 20.5. The minimum atomic E-state index is 0.118. The largest absolute Gasteiger partial charge is 0.310 e. The van der Waals surface area contributed by atoms with E-state index in [0.29, 0.717) is 0 Å². The third-order valence-electron chi connectivity index (χ3n) is 13.2. The summed E-state index contributed by atoms with van der Waals surface area (Å²) in [6, 6.07) is 74.1. The maximum absolute atomic E-state index is 2.56. The summed E-state index contributed by atoms with van der Waals surface area (Å²) in [6.07, 6.45) is 0. The molecule has 3 aliphatic rings. The first kappa shape index (κ1) is 31.3. The summed E-state index contributed by atoms with van der Waals surface area (Å²) in [6.45, 7) is 0.118. The molecule has 0 fully saturated rings. The average Bonchev–Trinajstić information content (AvgIpc) is 3.83. The Morgan fingerprint density at radius 1 is 0.305 bits per heavy atom. The van der Waals surface area contributed by atoms with Gasteiger partial charge in [0.1, 0.15) is 0 Å². The van der Waals surface area contributed by atoms with Crippen molar-refractivity contribution in [1.29, 1.82) is 0 Å². The SMILES string of the molecule is c1ccc(N2c3ccccc3N(c3ccc(-c4cc5c6c(c4)-n4c7ccccc7c7cccc(c74)B6c4cccc6c7ccccc7n-5c46)cc3)c3ccccc32)cc1. The van der Waals surface area contributed by atoms with Gasteiger partial charge >= 0.3 is 0 Å². The summed E-state index contributed by atoms with van der Waals surface area (Å²) >= 11 is 0. The van der Waals surface area contributed by atoms with Crippen molar-refractivity contribution >= 4 is 101 Å². The predicted octanol–water partition coefficient (Wildman–Crippen LogP) is 11.9. The number of benzene rings is 9. The fraction of sp³-hybridized carbons (Fsp3) is 0. The van der Waals surface area contributed by atoms with Crippen LogP contribution in [0.4, 0.5) is 34.1 Å². The summed E-state index contributed by atoms with van der Waals surface area (Å²) in [4.78, 5) is 4.79. The summed E-state index contributed by atoms with van der Waals surface area (Å²) < 4.78 is 5.12. The average molecular weight is 749 g/mol. The number of aromatic nitrogens is 2. The van der Waals surface area contributed by atoms with E-state index in [-0.39, 0.29) is 6.71 Å². The molecule has 9 aromatic carbocycles. The fourth-order valence-corrected chi connectivity index (χ4v) is 10.9. The van der Waals surface area contributed by atoms with E-state index in [1.807, 2.05) is 0 Å². The van der Waals surface area contributed by atoms with Crippen LogP contribution in [0.5, 0.6) is 0 Å². The van der Waals surface area contributed by atoms with Gasteiger partial charge < -0.3 is 18.9 Å². The predicted molar refractivity (Wildman–Crippen MR) is 248 cm³/mol. The van der Waals surface area contributed by atoms with Gasteiger partial charge in [-0.3, -0.25) is 0 Å². The Hall–Kier alpha value is -7.76. The van der Waals surface area contributed by atoms with Crippen molar-refractivity contribution in [2.24, 2.45) is 0 Å². The second kappa shape index (κ2) is 11.4. The molecule has 0 radical (unpaired) electrons. The number of fused-ring (bicyclic) bond motifs is 12. The molecule has 5 heterocycles. The van der Waals surface area contributed by atoms with Crippen LogP contribution in [0.3, 0.4) is 0 Å². The molecule has 59 heavy (non-hydrogen) atoms. The van der Waals surface area contributed by atoms with Gasteiger partial charge in [-0.25, -0.2) is 0 Å². The lowest BCUT2D eigenvalue weighted by Crippen LogP contribution is -2.59. The minimum Gasteiger partial charge on any atom is -0.310 e. The van der Waals surface area contributed by atoms with Crippen molar-refractivity contribution < 1.29 is 0 Å². The van der Waals surface area contributed by atoms with E-state index in [2.05, 4.69) is 219 Å². The lowest BCUT2D eigenvalue weighted by atomic mass is 9.34. The molecule has 0 atom stereocenters. The molecule has 0 saturated carbocycles. The van der Waals surface area contributed by atoms with E-state index in [0.717, 1.165) is 34.1 Å². The lowest BCUT2D eigenvalue weighted by molar-refractivity contribution is 1.14. The zero-order valence-electron chi connectivity index (χ0n) is 31.9. The molecule has 4 nitrogen and oxygen atoms in total. The highest BCUT2D eigenvalue weighted by Gasteiger charge is 2.41. The zero-order valence-corrected chi connectivity index (χ0v) is 31.9. The second-order valence-electron chi connectivity index (χ2n) is 16.1. The van der Waals surface area contributed by atoms with Crippen LogP contribution in [0.1, 0.15) is 0 Å². The third kappa shape index (κ3) is 4.04. The molecule has 5 heteroatoms. The van der Waals surface area contributed by atoms with Crippen LogP contribution in [0.2, 0.25) is 0 Å². The van der Waals surface area contributed by atoms with Gasteiger partial charge in [-0.2, -0.15) is 0 Å². The Bertz CT molecular complexity index is 3390. The number of nitrogens with zero attached hydrogens (tertiary/aromatic N) is 4. The van der Waals surface area contributed by atoms with Gasteiger partial charge in [0.2, 0.25) is 0 Å². The van der Waals surface area contributed by atoms with Gasteiger partial charge in [-0.1, -0.05) is 127 Å². The van der Waals surface area contributed by atoms with Crippen LogP contribution in [-0.4, -0.2) is 15.8 Å². The highest BCUT2D eigenvalue weighted by atomic mass is 15.3. The molecule has 0 aliphatic carbocycles. The Morgan fingerprint density at radius 2 is 0.729 bits per heavy atom. The highest BCUT2D eigenvalue weighted by molar-refractivity contribution is 7.00. The molecule has 272 valence electrons. The number of anilines is 6. The van der Waals surface area contributed by atoms with Crippen LogP contribution in [0.15, 0.2) is 200 Å². The van der Waals surface area contributed by atoms with Gasteiger partial charge in [0.15, 0.2) is 0 Å². The van der Waals surface area contributed by atoms with Crippen LogP contribution < -0.4 is 26.2 Å². The van der Waals surface area contributed by atoms with Crippen molar-refractivity contribution in [2.75, 3.05) is 9.80 Å². The molecular formula is C54H33BN4. The van der Waals surface area contributed by atoms with Crippen LogP contribution in [0, 0.1) is 0 Å². The van der Waals surface area contributed by atoms with E-state index >= 15 is 0 Å². The molecule has 11 aromatic rings. The molecule has 0 N–H and O–H groups in total. The summed E-state index contributed by atoms with van der Waals surface area (Å²) in [5, 5.41) is 5.21. The smallest absolute Gasteiger partial charge is 0.252 e. The summed E-state index contributed by atoms with van der Waals surface area (Å²) in [5.74, 6) is 0. The van der Waals surface area contributed by atoms with Crippen molar-refractivity contribution in [1.82, 2.24) is 9.13 Å². The maximum atomic E-state index is 2.56. The summed E-state index contributed by atoms with van der Waals surface area (Å²) in [7, 11) is 0. The maximum Gasteiger partial charge on any atom is 0.252 e. The quantitative estimate of drug-likeness (QED) is 0.167. The minimum absolute atomic E-state index is 0.118. The van der Waals surface area contributed by atoms with E-state index in [4.69, 9.17) is 0 Å². The molecule has 2 aromatic heterocycles. The van der Waals surface area contributed by atoms with Gasteiger partial charge in [0.05, 0.1) is 33.8 Å². The zero-order chi connectivity index (χ0) is 38.3. The first-order chi connectivity index (χ1) is 29.3. The van der Waals surface area contributed by atoms with Gasteiger partial charge in [-0.15, -0.1) is 0 Å². The van der Waals surface area contributed by atoms with E-state index < -0.39 is 0 Å². The van der Waals surface area contributed by atoms with E-state index in [9.17, 15) is 0 Å². The van der Waals surface area contributed by atoms with E-state index in [1.54, 1.807) is 0 Å². The Balaban J connectivity index is 1.00. The molecule has 0 amide bonds. The number of para-hydroxylation sites is 9. The number of rotatable bonds is 3. The van der Waals surface area contributed by atoms with Gasteiger partial charge in [0.25, 0.3) is 6.71 Å². The van der Waals surface area contributed by atoms with Crippen molar-refractivity contribution in [3.63, 3.8) is 0 Å². The van der Waals surface area contributed by atoms with Gasteiger partial charge in [0, 0.05) is 55.3 Å². The third-order valence-corrected chi connectivity index (χ3v) is 13.2. The fourth-order valence-electron chi connectivity index (χ4n) is 10.9. The number of hydrogen-bond acceptors (Lipinski definition) is 2. The Kier molecular flexibility index (Phi) is 6.07.